The number of nitrogens with two attached hydrogens (primary N) is 1. The van der Waals surface area contributed by atoms with Crippen molar-refractivity contribution in [1.29, 1.82) is 0 Å². The SMILES string of the molecule is CCN1/C(=C/C=C(/C=C/C2=[N+](CC)c3ccc4c(S(=O)(=O)[O-])cc(S(=O)(=O)O)cc4c3C2(C)C)c2ccc(S(N)(=O)=O)cn2)C(C)(C)c2c1ccc1c(S(=O)(=O)O)cc(S(=O)(=O)O)cc21. The van der Waals surface area contributed by atoms with E-state index in [4.69, 9.17) is 5.14 Å². The molecule has 0 saturated heterocycles. The summed E-state index contributed by atoms with van der Waals surface area (Å²) >= 11 is 0. The number of rotatable bonds is 11. The highest BCUT2D eigenvalue weighted by Crippen LogP contribution is 2.52. The minimum Gasteiger partial charge on any atom is -0.744 e. The quantitative estimate of drug-likeness (QED) is 0.0730. The number of aromatic nitrogens is 1. The number of hydrogen-bond donors (Lipinski definition) is 4. The topological polar surface area (TPSA) is 300 Å². The van der Waals surface area contributed by atoms with Crippen LogP contribution in [0.4, 0.5) is 11.4 Å². The van der Waals surface area contributed by atoms with Gasteiger partial charge in [0.25, 0.3) is 30.4 Å². The molecule has 18 nitrogen and oxygen atoms in total. The number of primary sulfonamides is 1. The lowest BCUT2D eigenvalue weighted by Crippen LogP contribution is -2.28. The monoisotopic (exact) mass is 986 g/mol. The molecule has 7 rings (SSSR count). The maximum atomic E-state index is 12.5. The summed E-state index contributed by atoms with van der Waals surface area (Å²) in [6, 6.07) is 12.3. The molecule has 0 bridgehead atoms. The van der Waals surface area contributed by atoms with E-state index in [0.29, 0.717) is 64.7 Å². The maximum Gasteiger partial charge on any atom is 0.295 e. The highest BCUT2D eigenvalue weighted by Gasteiger charge is 2.46. The third-order valence-corrected chi connectivity index (χ3v) is 16.1. The summed E-state index contributed by atoms with van der Waals surface area (Å²) in [7, 11) is -24.3. The molecule has 23 heteroatoms. The molecule has 5 aromatic rings. The van der Waals surface area contributed by atoms with E-state index in [9.17, 15) is 60.3 Å². The minimum atomic E-state index is -5.23. The van der Waals surface area contributed by atoms with Crippen LogP contribution >= 0.6 is 0 Å². The molecule has 0 saturated carbocycles. The van der Waals surface area contributed by atoms with Gasteiger partial charge in [-0.3, -0.25) is 18.6 Å². The molecule has 2 aliphatic rings. The first-order valence-corrected chi connectivity index (χ1v) is 26.7. The zero-order chi connectivity index (χ0) is 48.2. The lowest BCUT2D eigenvalue weighted by atomic mass is 9.79. The molecule has 0 amide bonds. The molecule has 344 valence electrons. The van der Waals surface area contributed by atoms with Crippen LogP contribution in [0, 0.1) is 0 Å². The second-order valence-corrected chi connectivity index (χ2v) is 23.5. The molecule has 3 heterocycles. The average molecular weight is 987 g/mol. The van der Waals surface area contributed by atoms with Crippen LogP contribution in [0.1, 0.15) is 58.4 Å². The van der Waals surface area contributed by atoms with E-state index in [1.807, 2.05) is 37.2 Å². The molecular formula is C42H42N4O14S5. The molecule has 5 N–H and O–H groups in total. The Bertz CT molecular complexity index is 3630. The predicted molar refractivity (Wildman–Crippen MR) is 241 cm³/mol. The number of nitrogens with zero attached hydrogens (tertiary/aromatic N) is 3. The molecule has 0 spiro atoms. The highest BCUT2D eigenvalue weighted by molar-refractivity contribution is 7.89. The second kappa shape index (κ2) is 15.7. The van der Waals surface area contributed by atoms with Crippen molar-refractivity contribution in [3.63, 3.8) is 0 Å². The van der Waals surface area contributed by atoms with Gasteiger partial charge in [-0.2, -0.15) is 29.8 Å². The normalized spacial score (nSPS) is 17.5. The molecule has 0 radical (unpaired) electrons. The second-order valence-electron chi connectivity index (χ2n) is 16.4. The van der Waals surface area contributed by atoms with Gasteiger partial charge in [0.2, 0.25) is 15.7 Å². The number of hydrogen-bond acceptors (Lipinski definition) is 13. The van der Waals surface area contributed by atoms with E-state index in [-0.39, 0.29) is 32.1 Å². The summed E-state index contributed by atoms with van der Waals surface area (Å²) in [5.74, 6) is 0. The molecule has 2 aliphatic heterocycles. The van der Waals surface area contributed by atoms with Gasteiger partial charge in [-0.25, -0.2) is 22.0 Å². The van der Waals surface area contributed by atoms with Crippen LogP contribution in [-0.2, 0) is 61.3 Å². The van der Waals surface area contributed by atoms with Crippen molar-refractivity contribution in [3.8, 4) is 0 Å². The molecule has 4 aromatic carbocycles. The van der Waals surface area contributed by atoms with Gasteiger partial charge in [-0.05, 0) is 105 Å². The third kappa shape index (κ3) is 8.34. The Labute approximate surface area is 376 Å². The van der Waals surface area contributed by atoms with Crippen molar-refractivity contribution in [3.05, 3.63) is 114 Å². The van der Waals surface area contributed by atoms with Crippen LogP contribution in [0.5, 0.6) is 0 Å². The number of benzene rings is 4. The first-order valence-electron chi connectivity index (χ1n) is 19.5. The van der Waals surface area contributed by atoms with E-state index in [1.54, 1.807) is 50.3 Å². The van der Waals surface area contributed by atoms with Crippen molar-refractivity contribution >= 4 is 94.7 Å². The van der Waals surface area contributed by atoms with E-state index in [1.165, 1.54) is 24.3 Å². The molecule has 0 unspecified atom stereocenters. The predicted octanol–water partition coefficient (Wildman–Crippen LogP) is 5.42. The molecule has 65 heavy (non-hydrogen) atoms. The van der Waals surface area contributed by atoms with Gasteiger partial charge < -0.3 is 9.45 Å². The molecular weight excluding hydrogens is 945 g/mol. The van der Waals surface area contributed by atoms with Crippen molar-refractivity contribution < 1.29 is 64.9 Å². The van der Waals surface area contributed by atoms with Gasteiger partial charge in [0.15, 0.2) is 5.71 Å². The fourth-order valence-corrected chi connectivity index (χ4v) is 12.1. The Balaban J connectivity index is 1.44. The van der Waals surface area contributed by atoms with Gasteiger partial charge in [-0.15, -0.1) is 0 Å². The summed E-state index contributed by atoms with van der Waals surface area (Å²) in [5, 5.41) is 5.56. The summed E-state index contributed by atoms with van der Waals surface area (Å²) in [6.07, 6.45) is 7.98. The molecule has 0 aliphatic carbocycles. The summed E-state index contributed by atoms with van der Waals surface area (Å²) in [4.78, 5) is 2.97. The van der Waals surface area contributed by atoms with Crippen LogP contribution in [0.3, 0.4) is 0 Å². The highest BCUT2D eigenvalue weighted by atomic mass is 32.2. The van der Waals surface area contributed by atoms with Crippen LogP contribution in [0.15, 0.2) is 121 Å². The summed E-state index contributed by atoms with van der Waals surface area (Å²) in [6.45, 7) is 11.7. The minimum absolute atomic E-state index is 0.00730. The van der Waals surface area contributed by atoms with Gasteiger partial charge >= 0.3 is 0 Å². The number of anilines is 1. The van der Waals surface area contributed by atoms with Crippen LogP contribution < -0.4 is 10.0 Å². The Morgan fingerprint density at radius 2 is 1.29 bits per heavy atom. The van der Waals surface area contributed by atoms with Crippen molar-refractivity contribution in [2.75, 3.05) is 18.0 Å². The van der Waals surface area contributed by atoms with Gasteiger partial charge in [0.05, 0.1) is 25.8 Å². The van der Waals surface area contributed by atoms with Crippen molar-refractivity contribution in [2.45, 2.75) is 76.8 Å². The first kappa shape index (κ1) is 47.7. The van der Waals surface area contributed by atoms with Crippen LogP contribution in [-0.4, -0.2) is 88.7 Å². The Kier molecular flexibility index (Phi) is 11.5. The largest absolute Gasteiger partial charge is 0.744 e. The number of pyridine rings is 1. The summed E-state index contributed by atoms with van der Waals surface area (Å²) < 4.78 is 168. The van der Waals surface area contributed by atoms with Crippen molar-refractivity contribution in [2.24, 2.45) is 5.14 Å². The summed E-state index contributed by atoms with van der Waals surface area (Å²) in [5.41, 5.74) is 1.94. The van der Waals surface area contributed by atoms with Gasteiger partial charge in [0, 0.05) is 63.6 Å². The first-order chi connectivity index (χ1) is 29.8. The van der Waals surface area contributed by atoms with Gasteiger partial charge in [0.1, 0.15) is 26.5 Å². The molecule has 1 aromatic heterocycles. The number of fused-ring (bicyclic) bond motifs is 6. The fourth-order valence-electron chi connectivity index (χ4n) is 8.96. The fraction of sp³-hybridized carbons (Fsp3) is 0.238. The zero-order valence-electron chi connectivity index (χ0n) is 35.4. The van der Waals surface area contributed by atoms with E-state index >= 15 is 0 Å². The number of likely N-dealkylation sites (N-methyl/N-ethyl adjacent to an activating group) is 1. The average Bonchev–Trinajstić information content (AvgIpc) is 3.56. The lowest BCUT2D eigenvalue weighted by molar-refractivity contribution is -0.433. The zero-order valence-corrected chi connectivity index (χ0v) is 39.4. The van der Waals surface area contributed by atoms with E-state index in [0.717, 1.165) is 18.3 Å². The molecule has 0 atom stereocenters. The standard InChI is InChI=1S/C42H42N4O14S5/c1-7-45-33-15-12-28-30(19-26(62(49,50)51)21-35(28)64(55,56)57)39(33)41(3,4)37(45)17-9-24(32-14-11-25(23-44-32)61(43,47)48)10-18-38-42(5,6)40-31-20-27(63(52,53)54)22-36(65(58,59)60)29(31)13-16-34(40)46(38)8-2/h9-23H,7-8H2,1-6H3,(H5-,43,47,48,49,50,51,52,53,54,55,56,57,58,59,60). The van der Waals surface area contributed by atoms with Crippen LogP contribution in [0.25, 0.3) is 27.1 Å². The van der Waals surface area contributed by atoms with Crippen molar-refractivity contribution in [1.82, 2.24) is 4.98 Å². The van der Waals surface area contributed by atoms with E-state index in [2.05, 4.69) is 4.98 Å². The van der Waals surface area contributed by atoms with E-state index < -0.39 is 80.9 Å². The third-order valence-electron chi connectivity index (χ3n) is 11.8. The van der Waals surface area contributed by atoms with Gasteiger partial charge in [-0.1, -0.05) is 26.0 Å². The Hall–Kier alpha value is -5.21. The van der Waals surface area contributed by atoms with Crippen LogP contribution in [0.2, 0.25) is 0 Å². The lowest BCUT2D eigenvalue weighted by Gasteiger charge is -2.26. The number of allylic oxidation sites excluding steroid dienone is 6. The Morgan fingerprint density at radius 1 is 0.723 bits per heavy atom. The maximum absolute atomic E-state index is 12.5. The Morgan fingerprint density at radius 3 is 1.80 bits per heavy atom. The smallest absolute Gasteiger partial charge is 0.295 e. The molecule has 0 fully saturated rings. The number of sulfonamides is 1.